The van der Waals surface area contributed by atoms with Crippen LogP contribution in [0.1, 0.15) is 21.9 Å². The first-order valence-electron chi connectivity index (χ1n) is 9.30. The third-order valence-electron chi connectivity index (χ3n) is 4.28. The van der Waals surface area contributed by atoms with Gasteiger partial charge in [-0.25, -0.2) is 9.67 Å². The first-order chi connectivity index (χ1) is 14.7. The van der Waals surface area contributed by atoms with Crippen LogP contribution in [-0.4, -0.2) is 27.8 Å². The standard InChI is InChI=1S/C22H20N4O4/c1-28-17-7-9-18(10-8-17)29-14-19-11-12-20(30-19)21(27)24-22-23-15-26(25-22)13-16-5-3-2-4-6-16/h2-12,15H,13-14H2,1H3,(H,24,25,27). The Morgan fingerprint density at radius 2 is 1.80 bits per heavy atom. The highest BCUT2D eigenvalue weighted by atomic mass is 16.5. The van der Waals surface area contributed by atoms with Crippen LogP contribution in [0.3, 0.4) is 0 Å². The van der Waals surface area contributed by atoms with Crippen LogP contribution in [0.25, 0.3) is 0 Å². The molecule has 2 aromatic heterocycles. The molecule has 0 saturated carbocycles. The van der Waals surface area contributed by atoms with Crippen molar-refractivity contribution < 1.29 is 18.7 Å². The monoisotopic (exact) mass is 404 g/mol. The molecule has 0 unspecified atom stereocenters. The summed E-state index contributed by atoms with van der Waals surface area (Å²) < 4.78 is 18.0. The summed E-state index contributed by atoms with van der Waals surface area (Å²) >= 11 is 0. The smallest absolute Gasteiger partial charge is 0.293 e. The molecule has 0 aliphatic carbocycles. The number of nitrogens with one attached hydrogen (secondary N) is 1. The predicted octanol–water partition coefficient (Wildman–Crippen LogP) is 3.76. The Morgan fingerprint density at radius 3 is 2.57 bits per heavy atom. The molecule has 4 rings (SSSR count). The fourth-order valence-corrected chi connectivity index (χ4v) is 2.77. The van der Waals surface area contributed by atoms with Crippen molar-refractivity contribution in [3.8, 4) is 11.5 Å². The van der Waals surface area contributed by atoms with Gasteiger partial charge in [0.15, 0.2) is 5.76 Å². The second-order valence-electron chi connectivity index (χ2n) is 6.44. The Kier molecular flexibility index (Phi) is 5.75. The lowest BCUT2D eigenvalue weighted by atomic mass is 10.2. The van der Waals surface area contributed by atoms with E-state index >= 15 is 0 Å². The minimum atomic E-state index is -0.428. The van der Waals surface area contributed by atoms with Gasteiger partial charge >= 0.3 is 0 Å². The van der Waals surface area contributed by atoms with Crippen molar-refractivity contribution in [1.29, 1.82) is 0 Å². The summed E-state index contributed by atoms with van der Waals surface area (Å²) in [5.74, 6) is 1.89. The quantitative estimate of drug-likeness (QED) is 0.481. The largest absolute Gasteiger partial charge is 0.497 e. The zero-order valence-electron chi connectivity index (χ0n) is 16.3. The number of nitrogens with zero attached hydrogens (tertiary/aromatic N) is 3. The molecule has 4 aromatic rings. The molecular formula is C22H20N4O4. The highest BCUT2D eigenvalue weighted by Gasteiger charge is 2.14. The molecule has 0 aliphatic rings. The number of carbonyl (C=O) groups is 1. The molecule has 0 radical (unpaired) electrons. The Morgan fingerprint density at radius 1 is 1.03 bits per heavy atom. The Bertz CT molecular complexity index is 1100. The van der Waals surface area contributed by atoms with E-state index in [-0.39, 0.29) is 18.3 Å². The molecule has 152 valence electrons. The van der Waals surface area contributed by atoms with Gasteiger partial charge in [-0.05, 0) is 42.0 Å². The van der Waals surface area contributed by atoms with Crippen LogP contribution in [0.2, 0.25) is 0 Å². The van der Waals surface area contributed by atoms with Crippen LogP contribution in [-0.2, 0) is 13.2 Å². The maximum atomic E-state index is 12.4. The molecule has 2 aromatic carbocycles. The second-order valence-corrected chi connectivity index (χ2v) is 6.44. The molecule has 0 saturated heterocycles. The number of hydrogen-bond acceptors (Lipinski definition) is 6. The van der Waals surface area contributed by atoms with Crippen LogP contribution in [0, 0.1) is 0 Å². The number of carbonyl (C=O) groups excluding carboxylic acids is 1. The van der Waals surface area contributed by atoms with Gasteiger partial charge in [0.2, 0.25) is 5.95 Å². The van der Waals surface area contributed by atoms with Crippen molar-refractivity contribution in [2.75, 3.05) is 12.4 Å². The van der Waals surface area contributed by atoms with E-state index in [1.54, 1.807) is 54.5 Å². The van der Waals surface area contributed by atoms with Crippen molar-refractivity contribution >= 4 is 11.9 Å². The van der Waals surface area contributed by atoms with E-state index in [2.05, 4.69) is 15.4 Å². The van der Waals surface area contributed by atoms with Gasteiger partial charge in [0, 0.05) is 0 Å². The lowest BCUT2D eigenvalue weighted by Crippen LogP contribution is -2.12. The van der Waals surface area contributed by atoms with Gasteiger partial charge in [-0.1, -0.05) is 30.3 Å². The maximum Gasteiger partial charge on any atom is 0.293 e. The van der Waals surface area contributed by atoms with Crippen LogP contribution in [0.5, 0.6) is 11.5 Å². The second kappa shape index (κ2) is 8.95. The number of aromatic nitrogens is 3. The summed E-state index contributed by atoms with van der Waals surface area (Å²) in [6.45, 7) is 0.765. The van der Waals surface area contributed by atoms with Gasteiger partial charge in [-0.3, -0.25) is 10.1 Å². The van der Waals surface area contributed by atoms with E-state index in [1.807, 2.05) is 30.3 Å². The minimum Gasteiger partial charge on any atom is -0.497 e. The molecule has 0 spiro atoms. The van der Waals surface area contributed by atoms with Crippen molar-refractivity contribution in [1.82, 2.24) is 14.8 Å². The topological polar surface area (TPSA) is 91.4 Å². The number of ether oxygens (including phenoxy) is 2. The first-order valence-corrected chi connectivity index (χ1v) is 9.30. The van der Waals surface area contributed by atoms with Gasteiger partial charge in [0.1, 0.15) is 30.2 Å². The average molecular weight is 404 g/mol. The molecule has 30 heavy (non-hydrogen) atoms. The van der Waals surface area contributed by atoms with Gasteiger partial charge in [-0.15, -0.1) is 5.10 Å². The fourth-order valence-electron chi connectivity index (χ4n) is 2.77. The number of methoxy groups -OCH3 is 1. The number of rotatable bonds is 8. The molecule has 0 aliphatic heterocycles. The average Bonchev–Trinajstić information content (AvgIpc) is 3.43. The molecular weight excluding hydrogens is 384 g/mol. The lowest BCUT2D eigenvalue weighted by molar-refractivity contribution is 0.0991. The van der Waals surface area contributed by atoms with Crippen LogP contribution in [0.4, 0.5) is 5.95 Å². The summed E-state index contributed by atoms with van der Waals surface area (Å²) in [7, 11) is 1.61. The summed E-state index contributed by atoms with van der Waals surface area (Å²) in [6.07, 6.45) is 1.57. The third kappa shape index (κ3) is 4.85. The van der Waals surface area contributed by atoms with Crippen LogP contribution >= 0.6 is 0 Å². The van der Waals surface area contributed by atoms with E-state index in [9.17, 15) is 4.79 Å². The number of amides is 1. The summed E-state index contributed by atoms with van der Waals surface area (Å²) in [5, 5.41) is 6.90. The molecule has 0 fully saturated rings. The molecule has 1 N–H and O–H groups in total. The van der Waals surface area contributed by atoms with Crippen LogP contribution < -0.4 is 14.8 Å². The van der Waals surface area contributed by atoms with Gasteiger partial charge in [-0.2, -0.15) is 0 Å². The number of furan rings is 1. The van der Waals surface area contributed by atoms with Crippen molar-refractivity contribution in [2.24, 2.45) is 0 Å². The number of anilines is 1. The van der Waals surface area contributed by atoms with E-state index < -0.39 is 5.91 Å². The lowest BCUT2D eigenvalue weighted by Gasteiger charge is -2.05. The van der Waals surface area contributed by atoms with Crippen molar-refractivity contribution in [3.63, 3.8) is 0 Å². The number of benzene rings is 2. The van der Waals surface area contributed by atoms with Crippen LogP contribution in [0.15, 0.2) is 77.5 Å². The predicted molar refractivity (Wildman–Crippen MR) is 110 cm³/mol. The van der Waals surface area contributed by atoms with E-state index in [4.69, 9.17) is 13.9 Å². The van der Waals surface area contributed by atoms with Crippen molar-refractivity contribution in [2.45, 2.75) is 13.2 Å². The molecule has 8 nitrogen and oxygen atoms in total. The Labute approximate surface area is 173 Å². The normalized spacial score (nSPS) is 10.6. The maximum absolute atomic E-state index is 12.4. The van der Waals surface area contributed by atoms with Crippen molar-refractivity contribution in [3.05, 3.63) is 90.1 Å². The molecule has 2 heterocycles. The zero-order valence-corrected chi connectivity index (χ0v) is 16.3. The molecule has 0 atom stereocenters. The summed E-state index contributed by atoms with van der Waals surface area (Å²) in [6, 6.07) is 20.4. The molecule has 8 heteroatoms. The van der Waals surface area contributed by atoms with Gasteiger partial charge in [0.05, 0.1) is 13.7 Å². The van der Waals surface area contributed by atoms with E-state index in [0.717, 1.165) is 11.3 Å². The zero-order chi connectivity index (χ0) is 20.8. The minimum absolute atomic E-state index is 0.155. The summed E-state index contributed by atoms with van der Waals surface area (Å²) in [4.78, 5) is 16.5. The SMILES string of the molecule is COc1ccc(OCc2ccc(C(=O)Nc3ncn(Cc4ccccc4)n3)o2)cc1. The van der Waals surface area contributed by atoms with E-state index in [1.165, 1.54) is 0 Å². The number of hydrogen-bond donors (Lipinski definition) is 1. The summed E-state index contributed by atoms with van der Waals surface area (Å²) in [5.41, 5.74) is 1.09. The highest BCUT2D eigenvalue weighted by Crippen LogP contribution is 2.19. The molecule has 1 amide bonds. The third-order valence-corrected chi connectivity index (χ3v) is 4.28. The van der Waals surface area contributed by atoms with Gasteiger partial charge < -0.3 is 13.9 Å². The fraction of sp³-hybridized carbons (Fsp3) is 0.136. The highest BCUT2D eigenvalue weighted by molar-refractivity contribution is 6.01. The first kappa shape index (κ1) is 19.3. The van der Waals surface area contributed by atoms with Gasteiger partial charge in [0.25, 0.3) is 5.91 Å². The molecule has 0 bridgehead atoms. The van der Waals surface area contributed by atoms with E-state index in [0.29, 0.717) is 18.1 Å². The Hall–Kier alpha value is -4.07. The Balaban J connectivity index is 1.31.